The first kappa shape index (κ1) is 13.3. The first-order chi connectivity index (χ1) is 8.54. The predicted octanol–water partition coefficient (Wildman–Crippen LogP) is 3.01. The zero-order chi connectivity index (χ0) is 13.1. The number of nitro groups is 1. The highest BCUT2D eigenvalue weighted by Gasteiger charge is 2.20. The van der Waals surface area contributed by atoms with E-state index in [1.807, 2.05) is 0 Å². The van der Waals surface area contributed by atoms with Crippen LogP contribution in [0.15, 0.2) is 22.7 Å². The van der Waals surface area contributed by atoms with Crippen molar-refractivity contribution in [3.05, 3.63) is 32.8 Å². The summed E-state index contributed by atoms with van der Waals surface area (Å²) in [6.07, 6.45) is 3.81. The molecule has 0 saturated heterocycles. The van der Waals surface area contributed by atoms with E-state index in [1.165, 1.54) is 12.1 Å². The number of ether oxygens (including phenoxy) is 1. The van der Waals surface area contributed by atoms with Crippen molar-refractivity contribution < 1.29 is 9.66 Å². The summed E-state index contributed by atoms with van der Waals surface area (Å²) in [7, 11) is 0. The van der Waals surface area contributed by atoms with Crippen LogP contribution in [0.1, 0.15) is 25.7 Å². The molecule has 0 aliphatic heterocycles. The van der Waals surface area contributed by atoms with Crippen LogP contribution in [0.2, 0.25) is 0 Å². The maximum atomic E-state index is 10.8. The first-order valence-corrected chi connectivity index (χ1v) is 6.71. The highest BCUT2D eigenvalue weighted by Crippen LogP contribution is 2.29. The van der Waals surface area contributed by atoms with Gasteiger partial charge in [0.1, 0.15) is 5.75 Å². The molecular weight excluding hydrogens is 300 g/mol. The molecule has 1 saturated carbocycles. The van der Waals surface area contributed by atoms with Gasteiger partial charge in [0.25, 0.3) is 5.69 Å². The summed E-state index contributed by atoms with van der Waals surface area (Å²) in [6.45, 7) is 0. The van der Waals surface area contributed by atoms with E-state index in [0.29, 0.717) is 10.2 Å². The third kappa shape index (κ3) is 3.43. The van der Waals surface area contributed by atoms with Crippen molar-refractivity contribution >= 4 is 21.6 Å². The van der Waals surface area contributed by atoms with Gasteiger partial charge in [0.15, 0.2) is 0 Å². The van der Waals surface area contributed by atoms with Gasteiger partial charge in [0.05, 0.1) is 17.1 Å². The lowest BCUT2D eigenvalue weighted by molar-refractivity contribution is -0.385. The van der Waals surface area contributed by atoms with Gasteiger partial charge >= 0.3 is 0 Å². The third-order valence-corrected chi connectivity index (χ3v) is 3.55. The summed E-state index contributed by atoms with van der Waals surface area (Å²) < 4.78 is 6.44. The molecule has 1 aliphatic rings. The topological polar surface area (TPSA) is 78.4 Å². The number of nitro benzene ring substituents is 1. The van der Waals surface area contributed by atoms with Crippen LogP contribution in [0.3, 0.4) is 0 Å². The Bertz CT molecular complexity index is 445. The molecule has 98 valence electrons. The molecule has 2 N–H and O–H groups in total. The fourth-order valence-corrected chi connectivity index (χ4v) is 2.58. The highest BCUT2D eigenvalue weighted by molar-refractivity contribution is 9.10. The van der Waals surface area contributed by atoms with Crippen LogP contribution in [0.5, 0.6) is 5.75 Å². The van der Waals surface area contributed by atoms with Gasteiger partial charge in [-0.25, -0.2) is 0 Å². The van der Waals surface area contributed by atoms with Gasteiger partial charge < -0.3 is 10.5 Å². The standard InChI is InChI=1S/C12H15BrN2O3/c13-8-5-10(15(16)17)7-12(6-8)18-11-3-1-9(14)2-4-11/h5-7,9,11H,1-4,14H2. The van der Waals surface area contributed by atoms with Gasteiger partial charge in [-0.05, 0) is 31.7 Å². The third-order valence-electron chi connectivity index (χ3n) is 3.09. The minimum atomic E-state index is -0.422. The molecule has 1 aliphatic carbocycles. The molecule has 1 fully saturated rings. The lowest BCUT2D eigenvalue weighted by Crippen LogP contribution is -2.31. The summed E-state index contributed by atoms with van der Waals surface area (Å²) in [5.74, 6) is 0.538. The van der Waals surface area contributed by atoms with E-state index in [0.717, 1.165) is 25.7 Å². The van der Waals surface area contributed by atoms with Crippen LogP contribution < -0.4 is 10.5 Å². The average Bonchev–Trinajstić information content (AvgIpc) is 2.31. The maximum absolute atomic E-state index is 10.8. The van der Waals surface area contributed by atoms with Gasteiger partial charge in [-0.1, -0.05) is 15.9 Å². The molecule has 0 radical (unpaired) electrons. The number of nitrogens with two attached hydrogens (primary N) is 1. The summed E-state index contributed by atoms with van der Waals surface area (Å²) in [5, 5.41) is 10.8. The van der Waals surface area contributed by atoms with E-state index in [4.69, 9.17) is 10.5 Å². The van der Waals surface area contributed by atoms with Gasteiger partial charge in [-0.3, -0.25) is 10.1 Å². The monoisotopic (exact) mass is 314 g/mol. The van der Waals surface area contributed by atoms with Gasteiger partial charge in [-0.2, -0.15) is 0 Å². The highest BCUT2D eigenvalue weighted by atomic mass is 79.9. The number of benzene rings is 1. The molecule has 2 rings (SSSR count). The maximum Gasteiger partial charge on any atom is 0.274 e. The predicted molar refractivity (Wildman–Crippen MR) is 71.7 cm³/mol. The largest absolute Gasteiger partial charge is 0.490 e. The SMILES string of the molecule is NC1CCC(Oc2cc(Br)cc([N+](=O)[O-])c2)CC1. The van der Waals surface area contributed by atoms with Gasteiger partial charge in [0, 0.05) is 16.6 Å². The summed E-state index contributed by atoms with van der Waals surface area (Å²) >= 11 is 3.25. The Labute approximate surface area is 114 Å². The Hall–Kier alpha value is -1.14. The minimum absolute atomic E-state index is 0.0342. The first-order valence-electron chi connectivity index (χ1n) is 5.92. The van der Waals surface area contributed by atoms with Crippen molar-refractivity contribution in [2.75, 3.05) is 0 Å². The lowest BCUT2D eigenvalue weighted by Gasteiger charge is -2.26. The Morgan fingerprint density at radius 2 is 1.94 bits per heavy atom. The molecule has 1 aromatic rings. The number of non-ortho nitro benzene ring substituents is 1. The van der Waals surface area contributed by atoms with Gasteiger partial charge in [-0.15, -0.1) is 0 Å². The molecule has 0 amide bonds. The van der Waals surface area contributed by atoms with E-state index < -0.39 is 4.92 Å². The quantitative estimate of drug-likeness (QED) is 0.687. The number of hydrogen-bond acceptors (Lipinski definition) is 4. The zero-order valence-corrected chi connectivity index (χ0v) is 11.4. The number of rotatable bonds is 3. The second-order valence-corrected chi connectivity index (χ2v) is 5.47. The number of nitrogens with zero attached hydrogens (tertiary/aromatic N) is 1. The molecule has 6 heteroatoms. The fourth-order valence-electron chi connectivity index (χ4n) is 2.12. The summed E-state index contributed by atoms with van der Waals surface area (Å²) in [6, 6.07) is 4.94. The second-order valence-electron chi connectivity index (χ2n) is 4.56. The van der Waals surface area contributed by atoms with E-state index in [-0.39, 0.29) is 17.8 Å². The smallest absolute Gasteiger partial charge is 0.274 e. The van der Waals surface area contributed by atoms with E-state index >= 15 is 0 Å². The van der Waals surface area contributed by atoms with Crippen LogP contribution in [-0.2, 0) is 0 Å². The molecule has 1 aromatic carbocycles. The van der Waals surface area contributed by atoms with Gasteiger partial charge in [0.2, 0.25) is 0 Å². The van der Waals surface area contributed by atoms with Crippen LogP contribution in [-0.4, -0.2) is 17.1 Å². The normalized spacial score (nSPS) is 23.7. The van der Waals surface area contributed by atoms with Crippen molar-refractivity contribution in [3.8, 4) is 5.75 Å². The average molecular weight is 315 g/mol. The number of hydrogen-bond donors (Lipinski definition) is 1. The molecule has 5 nitrogen and oxygen atoms in total. The van der Waals surface area contributed by atoms with Crippen molar-refractivity contribution in [3.63, 3.8) is 0 Å². The molecule has 0 aromatic heterocycles. The summed E-state index contributed by atoms with van der Waals surface area (Å²) in [5.41, 5.74) is 5.86. The Kier molecular flexibility index (Phi) is 4.19. The van der Waals surface area contributed by atoms with Crippen LogP contribution >= 0.6 is 15.9 Å². The van der Waals surface area contributed by atoms with E-state index in [2.05, 4.69) is 15.9 Å². The second kappa shape index (κ2) is 5.67. The Balaban J connectivity index is 2.07. The molecule has 0 atom stereocenters. The molecule has 18 heavy (non-hydrogen) atoms. The molecule has 0 spiro atoms. The Morgan fingerprint density at radius 3 is 2.56 bits per heavy atom. The van der Waals surface area contributed by atoms with E-state index in [9.17, 15) is 10.1 Å². The van der Waals surface area contributed by atoms with Crippen LogP contribution in [0.4, 0.5) is 5.69 Å². The molecule has 0 heterocycles. The summed E-state index contributed by atoms with van der Waals surface area (Å²) in [4.78, 5) is 10.3. The zero-order valence-electron chi connectivity index (χ0n) is 9.84. The van der Waals surface area contributed by atoms with Crippen LogP contribution in [0.25, 0.3) is 0 Å². The van der Waals surface area contributed by atoms with Crippen molar-refractivity contribution in [1.82, 2.24) is 0 Å². The molecule has 0 unspecified atom stereocenters. The lowest BCUT2D eigenvalue weighted by atomic mass is 9.94. The van der Waals surface area contributed by atoms with Crippen molar-refractivity contribution in [2.45, 2.75) is 37.8 Å². The Morgan fingerprint density at radius 1 is 1.28 bits per heavy atom. The molecule has 0 bridgehead atoms. The fraction of sp³-hybridized carbons (Fsp3) is 0.500. The van der Waals surface area contributed by atoms with E-state index in [1.54, 1.807) is 6.07 Å². The van der Waals surface area contributed by atoms with Crippen molar-refractivity contribution in [2.24, 2.45) is 5.73 Å². The van der Waals surface area contributed by atoms with Crippen molar-refractivity contribution in [1.29, 1.82) is 0 Å². The number of halogens is 1. The van der Waals surface area contributed by atoms with Crippen LogP contribution in [0, 0.1) is 10.1 Å². The minimum Gasteiger partial charge on any atom is -0.490 e. The molecular formula is C12H15BrN2O3.